The van der Waals surface area contributed by atoms with Crippen LogP contribution in [0.2, 0.25) is 0 Å². The van der Waals surface area contributed by atoms with Crippen LogP contribution in [0.1, 0.15) is 30.5 Å². The van der Waals surface area contributed by atoms with E-state index >= 15 is 0 Å². The van der Waals surface area contributed by atoms with E-state index in [1.54, 1.807) is 36.9 Å². The molecule has 0 radical (unpaired) electrons. The number of furan rings is 1. The topological polar surface area (TPSA) is 64.4 Å². The van der Waals surface area contributed by atoms with E-state index in [1.807, 2.05) is 20.8 Å². The fourth-order valence-electron chi connectivity index (χ4n) is 3.79. The number of aromatic nitrogens is 1. The van der Waals surface area contributed by atoms with Crippen LogP contribution in [0.5, 0.6) is 5.75 Å². The van der Waals surface area contributed by atoms with Crippen molar-refractivity contribution in [3.8, 4) is 16.9 Å². The van der Waals surface area contributed by atoms with Crippen molar-refractivity contribution in [2.24, 2.45) is 0 Å². The fourth-order valence-corrected chi connectivity index (χ4v) is 3.79. The van der Waals surface area contributed by atoms with Gasteiger partial charge in [-0.15, -0.1) is 0 Å². The molecular formula is C27H26N2O3. The second-order valence-electron chi connectivity index (χ2n) is 7.76. The number of rotatable bonds is 6. The van der Waals surface area contributed by atoms with Crippen LogP contribution in [0.4, 0.5) is 5.69 Å². The van der Waals surface area contributed by atoms with Crippen molar-refractivity contribution in [2.45, 2.75) is 27.7 Å². The average molecular weight is 427 g/mol. The van der Waals surface area contributed by atoms with Crippen LogP contribution >= 0.6 is 0 Å². The number of aryl methyl sites for hydroxylation is 2. The number of allylic oxidation sites excluding steroid dienone is 1. The van der Waals surface area contributed by atoms with Crippen molar-refractivity contribution in [3.05, 3.63) is 83.9 Å². The quantitative estimate of drug-likeness (QED) is 0.355. The number of carbonyl (C=O) groups excluding carboxylic acids is 1. The number of hydrogen-bond donors (Lipinski definition) is 1. The maximum absolute atomic E-state index is 12.6. The van der Waals surface area contributed by atoms with E-state index in [-0.39, 0.29) is 5.91 Å². The van der Waals surface area contributed by atoms with Gasteiger partial charge in [-0.2, -0.15) is 0 Å². The van der Waals surface area contributed by atoms with Crippen LogP contribution in [0.25, 0.3) is 27.7 Å². The number of carbonyl (C=O) groups is 1. The van der Waals surface area contributed by atoms with Gasteiger partial charge in [0.15, 0.2) is 0 Å². The highest BCUT2D eigenvalue weighted by Gasteiger charge is 2.19. The molecule has 0 aliphatic carbocycles. The molecule has 0 aliphatic rings. The molecule has 2 aromatic heterocycles. The molecule has 0 saturated carbocycles. The first-order chi connectivity index (χ1) is 15.5. The molecule has 1 amide bonds. The molecule has 162 valence electrons. The summed E-state index contributed by atoms with van der Waals surface area (Å²) < 4.78 is 11.9. The van der Waals surface area contributed by atoms with Crippen molar-refractivity contribution in [2.75, 3.05) is 11.9 Å². The minimum Gasteiger partial charge on any atom is -0.493 e. The van der Waals surface area contributed by atoms with Gasteiger partial charge in [-0.05, 0) is 57.0 Å². The van der Waals surface area contributed by atoms with Crippen LogP contribution in [-0.2, 0) is 4.79 Å². The molecule has 2 heterocycles. The minimum absolute atomic E-state index is 0.221. The number of anilines is 1. The highest BCUT2D eigenvalue weighted by atomic mass is 16.5. The second-order valence-corrected chi connectivity index (χ2v) is 7.76. The first-order valence-corrected chi connectivity index (χ1v) is 10.6. The van der Waals surface area contributed by atoms with Crippen molar-refractivity contribution in [1.29, 1.82) is 0 Å². The number of nitrogens with one attached hydrogen (secondary N) is 1. The first kappa shape index (κ1) is 21.4. The summed E-state index contributed by atoms with van der Waals surface area (Å²) in [5, 5.41) is 3.84. The van der Waals surface area contributed by atoms with E-state index in [4.69, 9.17) is 9.15 Å². The molecule has 4 rings (SSSR count). The zero-order valence-corrected chi connectivity index (χ0v) is 18.7. The largest absolute Gasteiger partial charge is 0.493 e. The Hall–Kier alpha value is -3.86. The van der Waals surface area contributed by atoms with Crippen LogP contribution in [0, 0.1) is 13.8 Å². The van der Waals surface area contributed by atoms with Crippen LogP contribution < -0.4 is 10.1 Å². The maximum atomic E-state index is 12.6. The van der Waals surface area contributed by atoms with Gasteiger partial charge in [0.2, 0.25) is 5.91 Å². The Morgan fingerprint density at radius 3 is 2.66 bits per heavy atom. The molecule has 0 fully saturated rings. The highest BCUT2D eigenvalue weighted by molar-refractivity contribution is 6.05. The summed E-state index contributed by atoms with van der Waals surface area (Å²) in [4.78, 5) is 16.6. The Balaban J connectivity index is 1.79. The number of hydrogen-bond acceptors (Lipinski definition) is 4. The summed E-state index contributed by atoms with van der Waals surface area (Å²) in [5.74, 6) is 0.509. The van der Waals surface area contributed by atoms with Crippen molar-refractivity contribution in [3.63, 3.8) is 0 Å². The number of pyridine rings is 1. The summed E-state index contributed by atoms with van der Waals surface area (Å²) in [6, 6.07) is 14.0. The predicted octanol–water partition coefficient (Wildman–Crippen LogP) is 6.55. The molecule has 0 aliphatic heterocycles. The number of benzene rings is 2. The normalized spacial score (nSPS) is 11.6. The molecule has 5 nitrogen and oxygen atoms in total. The number of fused-ring (bicyclic) bond motifs is 1. The Morgan fingerprint density at radius 1 is 1.19 bits per heavy atom. The Morgan fingerprint density at radius 2 is 1.97 bits per heavy atom. The lowest BCUT2D eigenvalue weighted by molar-refractivity contribution is -0.111. The predicted molar refractivity (Wildman–Crippen MR) is 129 cm³/mol. The highest BCUT2D eigenvalue weighted by Crippen LogP contribution is 2.40. The Bertz CT molecular complexity index is 1290. The molecule has 0 atom stereocenters. The standard InChI is InChI=1S/C27H26N2O3/c1-5-31-26-19(4)27-23(24(16-32-27)20-10-8-17(2)9-11-20)14-22(26)18(3)13-25(30)29-21-7-6-12-28-15-21/h6-16H,5H2,1-4H3,(H,29,30)/b18-13+. The molecule has 1 N–H and O–H groups in total. The number of nitrogens with zero attached hydrogens (tertiary/aromatic N) is 1. The first-order valence-electron chi connectivity index (χ1n) is 10.6. The van der Waals surface area contributed by atoms with Gasteiger partial charge < -0.3 is 14.5 Å². The molecule has 0 spiro atoms. The summed E-state index contributed by atoms with van der Waals surface area (Å²) in [5.41, 5.74) is 7.33. The Kier molecular flexibility index (Phi) is 6.08. The van der Waals surface area contributed by atoms with Crippen molar-refractivity contribution < 1.29 is 13.9 Å². The van der Waals surface area contributed by atoms with Gasteiger partial charge in [0.25, 0.3) is 0 Å². The van der Waals surface area contributed by atoms with E-state index in [2.05, 4.69) is 47.6 Å². The van der Waals surface area contributed by atoms with Gasteiger partial charge >= 0.3 is 0 Å². The van der Waals surface area contributed by atoms with Gasteiger partial charge in [-0.3, -0.25) is 9.78 Å². The zero-order valence-electron chi connectivity index (χ0n) is 18.7. The van der Waals surface area contributed by atoms with Crippen molar-refractivity contribution >= 4 is 28.1 Å². The van der Waals surface area contributed by atoms with E-state index in [1.165, 1.54) is 5.56 Å². The monoisotopic (exact) mass is 426 g/mol. The van der Waals surface area contributed by atoms with E-state index in [9.17, 15) is 4.79 Å². The SMILES string of the molecule is CCOc1c(/C(C)=C/C(=O)Nc2cccnc2)cc2c(-c3ccc(C)cc3)coc2c1C. The lowest BCUT2D eigenvalue weighted by Crippen LogP contribution is -2.09. The summed E-state index contributed by atoms with van der Waals surface area (Å²) in [7, 11) is 0. The molecule has 4 aromatic rings. The maximum Gasteiger partial charge on any atom is 0.248 e. The van der Waals surface area contributed by atoms with Crippen LogP contribution in [0.15, 0.2) is 71.6 Å². The third-order valence-electron chi connectivity index (χ3n) is 5.40. The van der Waals surface area contributed by atoms with E-state index in [0.29, 0.717) is 12.3 Å². The van der Waals surface area contributed by atoms with Gasteiger partial charge in [-0.25, -0.2) is 0 Å². The van der Waals surface area contributed by atoms with Crippen LogP contribution in [-0.4, -0.2) is 17.5 Å². The van der Waals surface area contributed by atoms with E-state index < -0.39 is 0 Å². The molecule has 5 heteroatoms. The lowest BCUT2D eigenvalue weighted by Gasteiger charge is -2.15. The van der Waals surface area contributed by atoms with Crippen molar-refractivity contribution in [1.82, 2.24) is 4.98 Å². The van der Waals surface area contributed by atoms with Crippen LogP contribution in [0.3, 0.4) is 0 Å². The molecule has 0 unspecified atom stereocenters. The smallest absolute Gasteiger partial charge is 0.248 e. The zero-order chi connectivity index (χ0) is 22.7. The number of ether oxygens (including phenoxy) is 1. The molecular weight excluding hydrogens is 400 g/mol. The van der Waals surface area contributed by atoms with Gasteiger partial charge in [0.05, 0.1) is 24.8 Å². The molecule has 2 aromatic carbocycles. The molecule has 0 bridgehead atoms. The van der Waals surface area contributed by atoms with Gasteiger partial charge in [-0.1, -0.05) is 29.8 Å². The Labute approximate surface area is 187 Å². The second kappa shape index (κ2) is 9.10. The molecule has 0 saturated heterocycles. The summed E-state index contributed by atoms with van der Waals surface area (Å²) >= 11 is 0. The third-order valence-corrected chi connectivity index (χ3v) is 5.40. The lowest BCUT2D eigenvalue weighted by atomic mass is 9.96. The summed E-state index contributed by atoms with van der Waals surface area (Å²) in [6.45, 7) is 8.43. The number of amides is 1. The average Bonchev–Trinajstić information content (AvgIpc) is 3.21. The summed E-state index contributed by atoms with van der Waals surface area (Å²) in [6.07, 6.45) is 6.65. The third kappa shape index (κ3) is 4.28. The fraction of sp³-hybridized carbons (Fsp3) is 0.185. The molecule has 32 heavy (non-hydrogen) atoms. The van der Waals surface area contributed by atoms with Gasteiger partial charge in [0.1, 0.15) is 11.3 Å². The minimum atomic E-state index is -0.221. The van der Waals surface area contributed by atoms with E-state index in [0.717, 1.165) is 44.5 Å². The van der Waals surface area contributed by atoms with Gasteiger partial charge in [0, 0.05) is 34.3 Å².